The van der Waals surface area contributed by atoms with Crippen molar-refractivity contribution in [2.75, 3.05) is 13.2 Å². The van der Waals surface area contributed by atoms with Crippen molar-refractivity contribution in [2.45, 2.75) is 26.4 Å². The summed E-state index contributed by atoms with van der Waals surface area (Å²) in [5.74, 6) is 1.64. The minimum Gasteiger partial charge on any atom is -0.494 e. The SMILES string of the molecule is CCOC(=O)CCCOc1ccc2cc(-c3nc(OCc4cccnc4)cc(-c4ccccc4)n3)ccc2c1. The Balaban J connectivity index is 1.36. The van der Waals surface area contributed by atoms with Gasteiger partial charge in [-0.15, -0.1) is 0 Å². The first-order valence-corrected chi connectivity index (χ1v) is 13.0. The molecule has 196 valence electrons. The van der Waals surface area contributed by atoms with Crippen LogP contribution in [0.1, 0.15) is 25.3 Å². The molecule has 7 nitrogen and oxygen atoms in total. The van der Waals surface area contributed by atoms with Crippen molar-refractivity contribution in [2.24, 2.45) is 0 Å². The zero-order chi connectivity index (χ0) is 26.9. The lowest BCUT2D eigenvalue weighted by Crippen LogP contribution is -2.06. The molecular formula is C32H29N3O4. The molecule has 3 aromatic carbocycles. The molecular weight excluding hydrogens is 490 g/mol. The van der Waals surface area contributed by atoms with Crippen molar-refractivity contribution in [3.63, 3.8) is 0 Å². The van der Waals surface area contributed by atoms with E-state index >= 15 is 0 Å². The Morgan fingerprint density at radius 3 is 2.49 bits per heavy atom. The molecule has 0 atom stereocenters. The Bertz CT molecular complexity index is 1540. The highest BCUT2D eigenvalue weighted by Crippen LogP contribution is 2.29. The van der Waals surface area contributed by atoms with Gasteiger partial charge in [-0.2, -0.15) is 4.98 Å². The number of hydrogen-bond acceptors (Lipinski definition) is 7. The van der Waals surface area contributed by atoms with Gasteiger partial charge in [-0.25, -0.2) is 4.98 Å². The third-order valence-corrected chi connectivity index (χ3v) is 6.05. The molecule has 0 radical (unpaired) electrons. The van der Waals surface area contributed by atoms with Crippen LogP contribution in [0.3, 0.4) is 0 Å². The number of ether oxygens (including phenoxy) is 3. The van der Waals surface area contributed by atoms with E-state index in [-0.39, 0.29) is 5.97 Å². The van der Waals surface area contributed by atoms with Gasteiger partial charge < -0.3 is 14.2 Å². The topological polar surface area (TPSA) is 83.4 Å². The van der Waals surface area contributed by atoms with Crippen LogP contribution in [0.15, 0.2) is 97.3 Å². The highest BCUT2D eigenvalue weighted by Gasteiger charge is 2.11. The number of carbonyl (C=O) groups excluding carboxylic acids is 1. The monoisotopic (exact) mass is 519 g/mol. The molecule has 0 fully saturated rings. The van der Waals surface area contributed by atoms with Gasteiger partial charge in [0, 0.05) is 41.6 Å². The van der Waals surface area contributed by atoms with Crippen LogP contribution in [0.2, 0.25) is 0 Å². The second kappa shape index (κ2) is 12.6. The van der Waals surface area contributed by atoms with E-state index in [1.807, 2.05) is 78.9 Å². The molecule has 5 aromatic rings. The molecule has 0 aliphatic heterocycles. The highest BCUT2D eigenvalue weighted by atomic mass is 16.5. The van der Waals surface area contributed by atoms with Crippen molar-refractivity contribution < 1.29 is 19.0 Å². The van der Waals surface area contributed by atoms with E-state index in [1.165, 1.54) is 0 Å². The van der Waals surface area contributed by atoms with Gasteiger partial charge in [-0.1, -0.05) is 54.6 Å². The third kappa shape index (κ3) is 6.96. The van der Waals surface area contributed by atoms with Crippen molar-refractivity contribution in [3.05, 3.63) is 103 Å². The summed E-state index contributed by atoms with van der Waals surface area (Å²) in [6.07, 6.45) is 4.47. The lowest BCUT2D eigenvalue weighted by Gasteiger charge is -2.11. The number of esters is 1. The average molecular weight is 520 g/mol. The van der Waals surface area contributed by atoms with E-state index in [2.05, 4.69) is 11.1 Å². The third-order valence-electron chi connectivity index (χ3n) is 6.05. The molecule has 0 spiro atoms. The van der Waals surface area contributed by atoms with Gasteiger partial charge in [0.15, 0.2) is 5.82 Å². The van der Waals surface area contributed by atoms with Crippen LogP contribution in [0.4, 0.5) is 0 Å². The van der Waals surface area contributed by atoms with E-state index in [1.54, 1.807) is 19.3 Å². The van der Waals surface area contributed by atoms with Crippen LogP contribution < -0.4 is 9.47 Å². The Morgan fingerprint density at radius 2 is 1.67 bits per heavy atom. The van der Waals surface area contributed by atoms with Crippen LogP contribution in [-0.2, 0) is 16.1 Å². The number of hydrogen-bond donors (Lipinski definition) is 0. The van der Waals surface area contributed by atoms with Crippen LogP contribution in [0.25, 0.3) is 33.4 Å². The molecule has 0 amide bonds. The molecule has 2 heterocycles. The fourth-order valence-electron chi connectivity index (χ4n) is 4.12. The summed E-state index contributed by atoms with van der Waals surface area (Å²) < 4.78 is 16.9. The Labute approximate surface area is 227 Å². The van der Waals surface area contributed by atoms with Crippen molar-refractivity contribution in [3.8, 4) is 34.3 Å². The lowest BCUT2D eigenvalue weighted by atomic mass is 10.1. The van der Waals surface area contributed by atoms with Crippen LogP contribution >= 0.6 is 0 Å². The van der Waals surface area contributed by atoms with Crippen molar-refractivity contribution in [1.29, 1.82) is 0 Å². The van der Waals surface area contributed by atoms with E-state index in [0.29, 0.717) is 44.4 Å². The van der Waals surface area contributed by atoms with E-state index in [0.717, 1.165) is 38.9 Å². The Hall–Kier alpha value is -4.78. The highest BCUT2D eigenvalue weighted by molar-refractivity contribution is 5.87. The first-order valence-electron chi connectivity index (χ1n) is 13.0. The van der Waals surface area contributed by atoms with Gasteiger partial charge in [-0.05, 0) is 48.4 Å². The first-order chi connectivity index (χ1) is 19.2. The van der Waals surface area contributed by atoms with Gasteiger partial charge in [0.1, 0.15) is 12.4 Å². The molecule has 0 N–H and O–H groups in total. The second-order valence-electron chi connectivity index (χ2n) is 8.91. The summed E-state index contributed by atoms with van der Waals surface area (Å²) in [6, 6.07) is 27.7. The number of carbonyl (C=O) groups is 1. The predicted molar refractivity (Wildman–Crippen MR) is 150 cm³/mol. The van der Waals surface area contributed by atoms with E-state index < -0.39 is 0 Å². The molecule has 0 aliphatic rings. The normalized spacial score (nSPS) is 10.8. The molecule has 0 saturated carbocycles. The molecule has 0 bridgehead atoms. The molecule has 0 aliphatic carbocycles. The number of aromatic nitrogens is 3. The summed E-state index contributed by atoms with van der Waals surface area (Å²) in [6.45, 7) is 3.01. The Morgan fingerprint density at radius 1 is 0.821 bits per heavy atom. The summed E-state index contributed by atoms with van der Waals surface area (Å²) in [5.41, 5.74) is 3.62. The fourth-order valence-corrected chi connectivity index (χ4v) is 4.12. The predicted octanol–water partition coefficient (Wildman–Crippen LogP) is 6.66. The molecule has 0 saturated heterocycles. The average Bonchev–Trinajstić information content (AvgIpc) is 2.99. The summed E-state index contributed by atoms with van der Waals surface area (Å²) in [4.78, 5) is 25.3. The molecule has 7 heteroatoms. The zero-order valence-electron chi connectivity index (χ0n) is 21.7. The fraction of sp³-hybridized carbons (Fsp3) is 0.188. The standard InChI is InChI=1S/C32H29N3O4/c1-2-37-31(36)11-7-17-38-28-15-14-25-18-27(13-12-26(25)19-28)32-34-29(24-9-4-3-5-10-24)20-30(35-32)39-22-23-8-6-16-33-21-23/h3-6,8-10,12-16,18-21H,2,7,11,17,22H2,1H3. The number of fused-ring (bicyclic) bond motifs is 1. The molecule has 5 rings (SSSR count). The maximum absolute atomic E-state index is 11.5. The van der Waals surface area contributed by atoms with Crippen LogP contribution in [-0.4, -0.2) is 34.1 Å². The maximum Gasteiger partial charge on any atom is 0.305 e. The van der Waals surface area contributed by atoms with Gasteiger partial charge in [0.05, 0.1) is 18.9 Å². The van der Waals surface area contributed by atoms with Gasteiger partial charge in [0.2, 0.25) is 5.88 Å². The van der Waals surface area contributed by atoms with Crippen molar-refractivity contribution in [1.82, 2.24) is 15.0 Å². The summed E-state index contributed by atoms with van der Waals surface area (Å²) >= 11 is 0. The van der Waals surface area contributed by atoms with Crippen LogP contribution in [0.5, 0.6) is 11.6 Å². The molecule has 0 unspecified atom stereocenters. The van der Waals surface area contributed by atoms with E-state index in [4.69, 9.17) is 24.2 Å². The second-order valence-corrected chi connectivity index (χ2v) is 8.91. The summed E-state index contributed by atoms with van der Waals surface area (Å²) in [5, 5.41) is 2.08. The summed E-state index contributed by atoms with van der Waals surface area (Å²) in [7, 11) is 0. The quantitative estimate of drug-likeness (QED) is 0.142. The molecule has 2 aromatic heterocycles. The van der Waals surface area contributed by atoms with Gasteiger partial charge in [0.25, 0.3) is 0 Å². The van der Waals surface area contributed by atoms with E-state index in [9.17, 15) is 4.79 Å². The minimum atomic E-state index is -0.198. The smallest absolute Gasteiger partial charge is 0.305 e. The number of nitrogens with zero attached hydrogens (tertiary/aromatic N) is 3. The molecule has 39 heavy (non-hydrogen) atoms. The first kappa shape index (κ1) is 25.9. The minimum absolute atomic E-state index is 0.198. The zero-order valence-corrected chi connectivity index (χ0v) is 21.7. The maximum atomic E-state index is 11.5. The van der Waals surface area contributed by atoms with Gasteiger partial charge >= 0.3 is 5.97 Å². The number of pyridine rings is 1. The van der Waals surface area contributed by atoms with Crippen LogP contribution in [0, 0.1) is 0 Å². The Kier molecular flexibility index (Phi) is 8.38. The largest absolute Gasteiger partial charge is 0.494 e. The van der Waals surface area contributed by atoms with Gasteiger partial charge in [-0.3, -0.25) is 9.78 Å². The number of rotatable bonds is 11. The number of benzene rings is 3. The van der Waals surface area contributed by atoms with Crippen molar-refractivity contribution >= 4 is 16.7 Å². The lowest BCUT2D eigenvalue weighted by molar-refractivity contribution is -0.143.